The summed E-state index contributed by atoms with van der Waals surface area (Å²) in [5.41, 5.74) is 0.333. The van der Waals surface area contributed by atoms with E-state index in [2.05, 4.69) is 9.97 Å². The molecule has 8 nitrogen and oxygen atoms in total. The summed E-state index contributed by atoms with van der Waals surface area (Å²) in [6.45, 7) is 3.05. The van der Waals surface area contributed by atoms with Gasteiger partial charge in [-0.15, -0.1) is 0 Å². The number of nitrogens with zero attached hydrogens (tertiary/aromatic N) is 4. The highest BCUT2D eigenvalue weighted by Gasteiger charge is 2.32. The van der Waals surface area contributed by atoms with Gasteiger partial charge in [0.05, 0.1) is 18.6 Å². The van der Waals surface area contributed by atoms with Crippen molar-refractivity contribution in [1.82, 2.24) is 19.1 Å². The minimum Gasteiger partial charge on any atom is -0.465 e. The van der Waals surface area contributed by atoms with Crippen molar-refractivity contribution in [2.75, 3.05) is 6.61 Å². The summed E-state index contributed by atoms with van der Waals surface area (Å²) in [6.07, 6.45) is 1.50. The van der Waals surface area contributed by atoms with Gasteiger partial charge in [0, 0.05) is 14.1 Å². The molecule has 0 aliphatic rings. The third-order valence-corrected chi connectivity index (χ3v) is 3.18. The molecule has 0 radical (unpaired) electrons. The molecule has 0 amide bonds. The molecule has 8 heteroatoms. The Morgan fingerprint density at radius 2 is 2.05 bits per heavy atom. The maximum Gasteiger partial charge on any atom is 0.349 e. The third-order valence-electron chi connectivity index (χ3n) is 3.18. The summed E-state index contributed by atoms with van der Waals surface area (Å²) in [7, 11) is 3.23. The van der Waals surface area contributed by atoms with Crippen molar-refractivity contribution < 1.29 is 14.3 Å². The van der Waals surface area contributed by atoms with Crippen molar-refractivity contribution in [3.05, 3.63) is 22.5 Å². The predicted molar refractivity (Wildman–Crippen MR) is 73.8 cm³/mol. The quantitative estimate of drug-likeness (QED) is 0.577. The Balaban J connectivity index is 2.77. The van der Waals surface area contributed by atoms with Crippen molar-refractivity contribution >= 4 is 22.9 Å². The van der Waals surface area contributed by atoms with Crippen LogP contribution < -0.4 is 5.69 Å². The number of aryl methyl sites for hydroxylation is 2. The lowest BCUT2D eigenvalue weighted by Crippen LogP contribution is -2.29. The Labute approximate surface area is 120 Å². The second kappa shape index (κ2) is 5.47. The van der Waals surface area contributed by atoms with E-state index in [4.69, 9.17) is 4.74 Å². The van der Waals surface area contributed by atoms with E-state index in [-0.39, 0.29) is 12.3 Å². The third kappa shape index (κ3) is 2.44. The van der Waals surface area contributed by atoms with E-state index < -0.39 is 23.4 Å². The van der Waals surface area contributed by atoms with E-state index in [0.717, 1.165) is 0 Å². The molecule has 21 heavy (non-hydrogen) atoms. The molecule has 0 saturated carbocycles. The van der Waals surface area contributed by atoms with Gasteiger partial charge in [-0.05, 0) is 13.8 Å². The molecule has 2 rings (SSSR count). The molecule has 0 fully saturated rings. The van der Waals surface area contributed by atoms with Crippen molar-refractivity contribution in [1.29, 1.82) is 0 Å². The number of hydrogen-bond acceptors (Lipinski definition) is 6. The summed E-state index contributed by atoms with van der Waals surface area (Å²) in [6, 6.07) is 0. The average Bonchev–Trinajstić information content (AvgIpc) is 2.78. The molecular weight excluding hydrogens is 276 g/mol. The number of fused-ring (bicyclic) bond motifs is 1. The number of imidazole rings is 1. The molecule has 0 spiro atoms. The minimum atomic E-state index is -1.23. The highest BCUT2D eigenvalue weighted by atomic mass is 16.5. The largest absolute Gasteiger partial charge is 0.465 e. The van der Waals surface area contributed by atoms with Gasteiger partial charge in [-0.25, -0.2) is 9.78 Å². The van der Waals surface area contributed by atoms with E-state index in [1.54, 1.807) is 18.5 Å². The second-order valence-electron chi connectivity index (χ2n) is 4.66. The van der Waals surface area contributed by atoms with Crippen LogP contribution in [0.2, 0.25) is 0 Å². The van der Waals surface area contributed by atoms with Crippen LogP contribution in [0.25, 0.3) is 11.2 Å². The van der Waals surface area contributed by atoms with Crippen LogP contribution in [-0.4, -0.2) is 37.5 Å². The van der Waals surface area contributed by atoms with Crippen LogP contribution in [0.3, 0.4) is 0 Å². The first kappa shape index (κ1) is 14.9. The molecular formula is C13H16N4O4. The number of carbonyl (C=O) groups excluding carboxylic acids is 2. The fourth-order valence-corrected chi connectivity index (χ4v) is 2.18. The Hall–Kier alpha value is -2.51. The molecule has 0 N–H and O–H groups in total. The van der Waals surface area contributed by atoms with Gasteiger partial charge in [0.2, 0.25) is 0 Å². The summed E-state index contributed by atoms with van der Waals surface area (Å²) in [5, 5.41) is 0. The number of Topliss-reactive ketones (excluding diaryl/α,β-unsaturated/α-hetero) is 1. The molecule has 2 aromatic rings. The standard InChI is InChI=1S/C13H16N4O4/c1-5-21-12(19)8(7(2)18)9-10-11(14-6-16(10)3)17(4)13(20)15-9/h6,8H,5H2,1-4H3. The van der Waals surface area contributed by atoms with Crippen LogP contribution in [0, 0.1) is 0 Å². The average molecular weight is 292 g/mol. The van der Waals surface area contributed by atoms with Gasteiger partial charge in [0.1, 0.15) is 11.3 Å². The number of aromatic nitrogens is 4. The van der Waals surface area contributed by atoms with E-state index in [1.807, 2.05) is 0 Å². The topological polar surface area (TPSA) is 96.1 Å². The fraction of sp³-hybridized carbons (Fsp3) is 0.462. The van der Waals surface area contributed by atoms with Gasteiger partial charge in [0.25, 0.3) is 0 Å². The van der Waals surface area contributed by atoms with Crippen molar-refractivity contribution in [3.8, 4) is 0 Å². The molecule has 1 unspecified atom stereocenters. The van der Waals surface area contributed by atoms with Crippen molar-refractivity contribution in [2.24, 2.45) is 14.1 Å². The highest BCUT2D eigenvalue weighted by molar-refractivity contribution is 6.05. The van der Waals surface area contributed by atoms with Gasteiger partial charge in [-0.3, -0.25) is 14.2 Å². The van der Waals surface area contributed by atoms with Crippen LogP contribution in [0.1, 0.15) is 25.5 Å². The summed E-state index contributed by atoms with van der Waals surface area (Å²) >= 11 is 0. The van der Waals surface area contributed by atoms with Gasteiger partial charge in [0.15, 0.2) is 11.6 Å². The second-order valence-corrected chi connectivity index (χ2v) is 4.66. The molecule has 0 bridgehead atoms. The van der Waals surface area contributed by atoms with E-state index in [1.165, 1.54) is 24.9 Å². The number of ketones is 1. The van der Waals surface area contributed by atoms with Crippen LogP contribution in [0.4, 0.5) is 0 Å². The van der Waals surface area contributed by atoms with Gasteiger partial charge >= 0.3 is 11.7 Å². The molecule has 0 aromatic carbocycles. The lowest BCUT2D eigenvalue weighted by molar-refractivity contribution is -0.147. The molecule has 0 aliphatic carbocycles. The Morgan fingerprint density at radius 1 is 1.38 bits per heavy atom. The van der Waals surface area contributed by atoms with Crippen LogP contribution in [0.15, 0.2) is 11.1 Å². The zero-order valence-electron chi connectivity index (χ0n) is 12.3. The zero-order valence-corrected chi connectivity index (χ0v) is 12.3. The van der Waals surface area contributed by atoms with E-state index in [9.17, 15) is 14.4 Å². The first-order valence-electron chi connectivity index (χ1n) is 6.43. The monoisotopic (exact) mass is 292 g/mol. The number of esters is 1. The van der Waals surface area contributed by atoms with Gasteiger partial charge in [-0.1, -0.05) is 0 Å². The molecule has 1 atom stereocenters. The number of carbonyl (C=O) groups is 2. The van der Waals surface area contributed by atoms with Crippen LogP contribution in [0.5, 0.6) is 0 Å². The minimum absolute atomic E-state index is 0.0825. The first-order valence-corrected chi connectivity index (χ1v) is 6.43. The molecule has 0 saturated heterocycles. The number of ether oxygens (including phenoxy) is 1. The number of hydrogen-bond donors (Lipinski definition) is 0. The Bertz CT molecular complexity index is 774. The van der Waals surface area contributed by atoms with E-state index in [0.29, 0.717) is 11.2 Å². The summed E-state index contributed by atoms with van der Waals surface area (Å²) in [5.74, 6) is -2.37. The molecule has 2 aromatic heterocycles. The van der Waals surface area contributed by atoms with Gasteiger partial charge in [-0.2, -0.15) is 4.98 Å². The van der Waals surface area contributed by atoms with Gasteiger partial charge < -0.3 is 9.30 Å². The lowest BCUT2D eigenvalue weighted by atomic mass is 10.00. The zero-order chi connectivity index (χ0) is 15.7. The summed E-state index contributed by atoms with van der Waals surface area (Å²) < 4.78 is 7.80. The SMILES string of the molecule is CCOC(=O)C(C(C)=O)c1nc(=O)n(C)c2ncn(C)c12. The maximum atomic E-state index is 12.0. The molecule has 2 heterocycles. The Morgan fingerprint density at radius 3 is 2.62 bits per heavy atom. The smallest absolute Gasteiger partial charge is 0.349 e. The normalized spacial score (nSPS) is 12.4. The lowest BCUT2D eigenvalue weighted by Gasteiger charge is -2.14. The first-order chi connectivity index (χ1) is 9.88. The van der Waals surface area contributed by atoms with Crippen LogP contribution >= 0.6 is 0 Å². The fourth-order valence-electron chi connectivity index (χ4n) is 2.18. The Kier molecular flexibility index (Phi) is 3.88. The maximum absolute atomic E-state index is 12.0. The summed E-state index contributed by atoms with van der Waals surface area (Å²) in [4.78, 5) is 43.8. The van der Waals surface area contributed by atoms with E-state index >= 15 is 0 Å². The molecule has 0 aliphatic heterocycles. The van der Waals surface area contributed by atoms with Crippen molar-refractivity contribution in [3.63, 3.8) is 0 Å². The van der Waals surface area contributed by atoms with Crippen molar-refractivity contribution in [2.45, 2.75) is 19.8 Å². The molecule has 112 valence electrons. The predicted octanol–water partition coefficient (Wildman–Crippen LogP) is -0.0973. The number of rotatable bonds is 4. The highest BCUT2D eigenvalue weighted by Crippen LogP contribution is 2.23. The van der Waals surface area contributed by atoms with Crippen LogP contribution in [-0.2, 0) is 28.4 Å².